The molecule has 0 amide bonds. The van der Waals surface area contributed by atoms with Crippen LogP contribution in [0.5, 0.6) is 0 Å². The number of halogens is 1. The summed E-state index contributed by atoms with van der Waals surface area (Å²) in [5.41, 5.74) is 5.57. The van der Waals surface area contributed by atoms with Gasteiger partial charge in [0.05, 0.1) is 12.3 Å². The number of nitrogens with zero attached hydrogens (tertiary/aromatic N) is 1. The number of hydrogen-bond donors (Lipinski definition) is 0. The molecule has 36 heavy (non-hydrogen) atoms. The first-order chi connectivity index (χ1) is 18.0. The average molecular weight is 470 g/mol. The highest BCUT2D eigenvalue weighted by Crippen LogP contribution is 2.44. The Morgan fingerprint density at radius 2 is 1.47 bits per heavy atom. The molecule has 0 saturated carbocycles. The normalized spacial score (nSPS) is 12.1. The van der Waals surface area contributed by atoms with Crippen LogP contribution in [-0.4, -0.2) is 0 Å². The molecule has 0 atom stereocenters. The SMILES string of the molecule is [2H]c1c(-c2ccc(F)c3c2oc2c(-c4cccc[n+]4C)c(C)ccc23)c2ccccc2c2ccccc12. The average Bonchev–Trinajstić information content (AvgIpc) is 3.31. The van der Waals surface area contributed by atoms with E-state index in [9.17, 15) is 1.37 Å². The second-order valence-corrected chi connectivity index (χ2v) is 9.32. The minimum atomic E-state index is -0.332. The molecule has 172 valence electrons. The number of benzene rings is 5. The van der Waals surface area contributed by atoms with Gasteiger partial charge in [-0.3, -0.25) is 0 Å². The van der Waals surface area contributed by atoms with Crippen molar-refractivity contribution in [3.8, 4) is 22.4 Å². The third kappa shape index (κ3) is 2.93. The largest absolute Gasteiger partial charge is 0.454 e. The van der Waals surface area contributed by atoms with E-state index < -0.39 is 0 Å². The monoisotopic (exact) mass is 469 g/mol. The van der Waals surface area contributed by atoms with Crippen molar-refractivity contribution in [1.82, 2.24) is 0 Å². The minimum absolute atomic E-state index is 0.332. The Balaban J connectivity index is 1.65. The minimum Gasteiger partial charge on any atom is -0.454 e. The highest BCUT2D eigenvalue weighted by Gasteiger charge is 2.24. The number of furan rings is 1. The van der Waals surface area contributed by atoms with Crippen LogP contribution < -0.4 is 4.57 Å². The number of pyridine rings is 1. The summed E-state index contributed by atoms with van der Waals surface area (Å²) in [7, 11) is 2.00. The Morgan fingerprint density at radius 1 is 0.722 bits per heavy atom. The Labute approximate surface area is 209 Å². The summed E-state index contributed by atoms with van der Waals surface area (Å²) in [6, 6.07) is 29.7. The van der Waals surface area contributed by atoms with E-state index in [-0.39, 0.29) is 5.82 Å². The summed E-state index contributed by atoms with van der Waals surface area (Å²) in [4.78, 5) is 0. The van der Waals surface area contributed by atoms with Crippen molar-refractivity contribution < 1.29 is 14.7 Å². The smallest absolute Gasteiger partial charge is 0.216 e. The van der Waals surface area contributed by atoms with E-state index in [0.29, 0.717) is 22.6 Å². The third-order valence-electron chi connectivity index (χ3n) is 7.20. The van der Waals surface area contributed by atoms with Gasteiger partial charge in [-0.2, -0.15) is 0 Å². The molecule has 2 heterocycles. The van der Waals surface area contributed by atoms with Crippen molar-refractivity contribution >= 4 is 43.5 Å². The Morgan fingerprint density at radius 3 is 2.31 bits per heavy atom. The first-order valence-corrected chi connectivity index (χ1v) is 12.0. The van der Waals surface area contributed by atoms with Crippen LogP contribution in [0.3, 0.4) is 0 Å². The maximum atomic E-state index is 15.5. The molecule has 3 heteroatoms. The molecular weight excluding hydrogens is 445 g/mol. The van der Waals surface area contributed by atoms with Crippen LogP contribution in [0.4, 0.5) is 4.39 Å². The number of hydrogen-bond acceptors (Lipinski definition) is 1. The van der Waals surface area contributed by atoms with E-state index in [1.165, 1.54) is 6.07 Å². The molecule has 7 aromatic rings. The molecule has 0 bridgehead atoms. The second kappa shape index (κ2) is 7.76. The first-order valence-electron chi connectivity index (χ1n) is 12.5. The lowest BCUT2D eigenvalue weighted by Gasteiger charge is -2.11. The van der Waals surface area contributed by atoms with E-state index in [0.717, 1.165) is 54.9 Å². The fourth-order valence-corrected chi connectivity index (χ4v) is 5.48. The summed E-state index contributed by atoms with van der Waals surface area (Å²) in [5.74, 6) is -0.332. The van der Waals surface area contributed by atoms with Crippen molar-refractivity contribution in [3.05, 3.63) is 115 Å². The standard InChI is InChI=1S/C33H23FNO/c1-20-14-15-26-31-28(34)17-16-25(32(31)36-33(26)30(20)29-13-7-8-18-35(29)2)27-19-21-9-3-4-10-22(21)23-11-5-6-12-24(23)27/h3-19H,1-2H3/q+1/i19D. The number of rotatable bonds is 2. The fraction of sp³-hybridized carbons (Fsp3) is 0.0606. The quantitative estimate of drug-likeness (QED) is 0.183. The Bertz CT molecular complexity index is 2040. The van der Waals surface area contributed by atoms with Crippen LogP contribution in [0.15, 0.2) is 108 Å². The van der Waals surface area contributed by atoms with Crippen LogP contribution in [0.1, 0.15) is 6.93 Å². The maximum Gasteiger partial charge on any atom is 0.216 e. The molecule has 0 aliphatic carbocycles. The molecule has 0 unspecified atom stereocenters. The van der Waals surface area contributed by atoms with Crippen LogP contribution in [0.25, 0.3) is 65.9 Å². The van der Waals surface area contributed by atoms with Gasteiger partial charge in [-0.1, -0.05) is 60.7 Å². The summed E-state index contributed by atoms with van der Waals surface area (Å²) in [5, 5.41) is 5.08. The molecule has 0 radical (unpaired) electrons. The summed E-state index contributed by atoms with van der Waals surface area (Å²) >= 11 is 0. The Hall–Kier alpha value is -4.50. The van der Waals surface area contributed by atoms with Gasteiger partial charge in [0.15, 0.2) is 6.20 Å². The maximum absolute atomic E-state index is 15.5. The highest BCUT2D eigenvalue weighted by atomic mass is 19.1. The molecule has 0 aliphatic heterocycles. The topological polar surface area (TPSA) is 17.0 Å². The zero-order chi connectivity index (χ0) is 25.3. The Kier molecular flexibility index (Phi) is 4.26. The fourth-order valence-electron chi connectivity index (χ4n) is 5.48. The molecule has 7 rings (SSSR count). The number of aryl methyl sites for hydroxylation is 2. The van der Waals surface area contributed by atoms with Crippen LogP contribution in [-0.2, 0) is 7.05 Å². The molecule has 2 aromatic heterocycles. The number of aromatic nitrogens is 1. The van der Waals surface area contributed by atoms with Gasteiger partial charge in [-0.25, -0.2) is 8.96 Å². The summed E-state index contributed by atoms with van der Waals surface area (Å²) in [6.45, 7) is 2.05. The molecule has 0 aliphatic rings. The van der Waals surface area contributed by atoms with Crippen molar-refractivity contribution in [1.29, 1.82) is 0 Å². The molecule has 0 spiro atoms. The lowest BCUT2D eigenvalue weighted by atomic mass is 9.92. The predicted octanol–water partition coefficient (Wildman–Crippen LogP) is 8.50. The van der Waals surface area contributed by atoms with Gasteiger partial charge >= 0.3 is 0 Å². The molecule has 2 nitrogen and oxygen atoms in total. The van der Waals surface area contributed by atoms with E-state index in [2.05, 4.69) is 12.1 Å². The van der Waals surface area contributed by atoms with E-state index in [1.54, 1.807) is 6.07 Å². The second-order valence-electron chi connectivity index (χ2n) is 9.32. The zero-order valence-corrected chi connectivity index (χ0v) is 20.0. The van der Waals surface area contributed by atoms with E-state index in [1.807, 2.05) is 91.5 Å². The highest BCUT2D eigenvalue weighted by molar-refractivity contribution is 6.18. The van der Waals surface area contributed by atoms with Crippen LogP contribution in [0.2, 0.25) is 0 Å². The lowest BCUT2D eigenvalue weighted by Crippen LogP contribution is -2.30. The summed E-state index contributed by atoms with van der Waals surface area (Å²) in [6.07, 6.45) is 2.00. The molecular formula is C33H23FNO+. The molecule has 0 saturated heterocycles. The molecule has 0 fully saturated rings. The zero-order valence-electron chi connectivity index (χ0n) is 21.0. The molecule has 5 aromatic carbocycles. The first kappa shape index (κ1) is 19.8. The molecule has 0 N–H and O–H groups in total. The van der Waals surface area contributed by atoms with Gasteiger partial charge in [0, 0.05) is 23.1 Å². The van der Waals surface area contributed by atoms with Gasteiger partial charge in [-0.15, -0.1) is 0 Å². The third-order valence-corrected chi connectivity index (χ3v) is 7.20. The van der Waals surface area contributed by atoms with Crippen molar-refractivity contribution in [2.75, 3.05) is 0 Å². The number of fused-ring (bicyclic) bond motifs is 6. The van der Waals surface area contributed by atoms with Gasteiger partial charge < -0.3 is 4.42 Å². The van der Waals surface area contributed by atoms with Crippen molar-refractivity contribution in [2.24, 2.45) is 7.05 Å². The van der Waals surface area contributed by atoms with Gasteiger partial charge in [0.25, 0.3) is 0 Å². The van der Waals surface area contributed by atoms with Crippen LogP contribution in [0, 0.1) is 12.7 Å². The van der Waals surface area contributed by atoms with E-state index >= 15 is 4.39 Å². The summed E-state index contributed by atoms with van der Waals surface area (Å²) < 4.78 is 33.4. The van der Waals surface area contributed by atoms with Crippen LogP contribution >= 0.6 is 0 Å². The van der Waals surface area contributed by atoms with Gasteiger partial charge in [0.2, 0.25) is 5.69 Å². The predicted molar refractivity (Wildman–Crippen MR) is 145 cm³/mol. The van der Waals surface area contributed by atoms with Gasteiger partial charge in [-0.05, 0) is 63.8 Å². The lowest BCUT2D eigenvalue weighted by molar-refractivity contribution is -0.660. The van der Waals surface area contributed by atoms with Crippen molar-refractivity contribution in [3.63, 3.8) is 0 Å². The van der Waals surface area contributed by atoms with E-state index in [4.69, 9.17) is 4.42 Å². The van der Waals surface area contributed by atoms with Crippen molar-refractivity contribution in [2.45, 2.75) is 6.92 Å². The van der Waals surface area contributed by atoms with Gasteiger partial charge in [0.1, 0.15) is 24.0 Å².